The lowest BCUT2D eigenvalue weighted by molar-refractivity contribution is -0.131. The molecule has 2 aromatic rings. The molecule has 1 aliphatic heterocycles. The van der Waals surface area contributed by atoms with Crippen molar-refractivity contribution in [3.63, 3.8) is 0 Å². The molecule has 1 aromatic heterocycles. The lowest BCUT2D eigenvalue weighted by atomic mass is 10.0. The van der Waals surface area contributed by atoms with Crippen LogP contribution in [0.5, 0.6) is 0 Å². The molecule has 1 aromatic carbocycles. The number of amides is 1. The van der Waals surface area contributed by atoms with Gasteiger partial charge in [0.25, 0.3) is 0 Å². The summed E-state index contributed by atoms with van der Waals surface area (Å²) in [6.07, 6.45) is 5.14. The summed E-state index contributed by atoms with van der Waals surface area (Å²) in [6, 6.07) is 7.41. The van der Waals surface area contributed by atoms with Crippen LogP contribution < -0.4 is 5.43 Å². The highest BCUT2D eigenvalue weighted by Gasteiger charge is 2.18. The van der Waals surface area contributed by atoms with E-state index in [4.69, 9.17) is 0 Å². The van der Waals surface area contributed by atoms with Gasteiger partial charge in [-0.15, -0.1) is 0 Å². The van der Waals surface area contributed by atoms with Gasteiger partial charge in [-0.1, -0.05) is 19.1 Å². The van der Waals surface area contributed by atoms with Crippen LogP contribution >= 0.6 is 0 Å². The van der Waals surface area contributed by atoms with Crippen LogP contribution in [0.25, 0.3) is 10.9 Å². The zero-order chi connectivity index (χ0) is 16.2. The second-order valence-corrected chi connectivity index (χ2v) is 6.42. The maximum atomic E-state index is 12.5. The Balaban J connectivity index is 1.70. The van der Waals surface area contributed by atoms with Crippen LogP contribution in [0, 0.1) is 5.92 Å². The largest absolute Gasteiger partial charge is 0.343 e. The Labute approximate surface area is 135 Å². The van der Waals surface area contributed by atoms with Gasteiger partial charge in [-0.25, -0.2) is 0 Å². The fourth-order valence-corrected chi connectivity index (χ4v) is 3.21. The number of hydrogen-bond donors (Lipinski definition) is 0. The van der Waals surface area contributed by atoms with Gasteiger partial charge in [0.1, 0.15) is 0 Å². The molecule has 1 saturated heterocycles. The van der Waals surface area contributed by atoms with Gasteiger partial charge in [0.15, 0.2) is 0 Å². The van der Waals surface area contributed by atoms with Crippen LogP contribution in [-0.2, 0) is 11.3 Å². The Morgan fingerprint density at radius 1 is 1.26 bits per heavy atom. The molecule has 0 saturated carbocycles. The normalized spacial score (nSPS) is 18.8. The van der Waals surface area contributed by atoms with Crippen molar-refractivity contribution in [3.05, 3.63) is 40.7 Å². The molecule has 0 spiro atoms. The number of fused-ring (bicyclic) bond motifs is 1. The van der Waals surface area contributed by atoms with Crippen LogP contribution in [0.15, 0.2) is 35.3 Å². The van der Waals surface area contributed by atoms with Crippen molar-refractivity contribution >= 4 is 16.8 Å². The van der Waals surface area contributed by atoms with Crippen LogP contribution in [0.4, 0.5) is 0 Å². The minimum atomic E-state index is -0.0790. The molecule has 5 nitrogen and oxygen atoms in total. The fraction of sp³-hybridized carbons (Fsp3) is 0.500. The lowest BCUT2D eigenvalue weighted by Crippen LogP contribution is -2.32. The summed E-state index contributed by atoms with van der Waals surface area (Å²) < 4.78 is 1.76. The number of likely N-dealkylation sites (tertiary alicyclic amines) is 1. The van der Waals surface area contributed by atoms with Crippen molar-refractivity contribution in [2.24, 2.45) is 5.92 Å². The summed E-state index contributed by atoms with van der Waals surface area (Å²) in [7, 11) is 0. The van der Waals surface area contributed by atoms with E-state index in [0.29, 0.717) is 24.3 Å². The molecule has 5 heteroatoms. The SMILES string of the molecule is CC1CCCN(C(=O)CCn2ncc(=O)c3ccccc32)CC1. The van der Waals surface area contributed by atoms with Crippen molar-refractivity contribution in [2.45, 2.75) is 39.2 Å². The van der Waals surface area contributed by atoms with Crippen LogP contribution in [0.2, 0.25) is 0 Å². The molecule has 0 radical (unpaired) electrons. The third kappa shape index (κ3) is 3.60. The summed E-state index contributed by atoms with van der Waals surface area (Å²) in [4.78, 5) is 26.3. The van der Waals surface area contributed by atoms with Crippen LogP contribution in [-0.4, -0.2) is 33.7 Å². The zero-order valence-corrected chi connectivity index (χ0v) is 13.6. The summed E-state index contributed by atoms with van der Waals surface area (Å²) >= 11 is 0. The molecular weight excluding hydrogens is 290 g/mol. The molecule has 0 aliphatic carbocycles. The lowest BCUT2D eigenvalue weighted by Gasteiger charge is -2.20. The average Bonchev–Trinajstić information content (AvgIpc) is 2.79. The van der Waals surface area contributed by atoms with E-state index in [1.807, 2.05) is 23.1 Å². The van der Waals surface area contributed by atoms with Gasteiger partial charge >= 0.3 is 0 Å². The third-order valence-electron chi connectivity index (χ3n) is 4.67. The number of benzene rings is 1. The minimum absolute atomic E-state index is 0.0790. The third-order valence-corrected chi connectivity index (χ3v) is 4.67. The minimum Gasteiger partial charge on any atom is -0.343 e. The standard InChI is InChI=1S/C18H23N3O2/c1-14-5-4-10-20(11-8-14)18(23)9-12-21-16-7-3-2-6-15(16)17(22)13-19-21/h2-3,6-7,13-14H,4-5,8-12H2,1H3. The highest BCUT2D eigenvalue weighted by atomic mass is 16.2. The number of carbonyl (C=O) groups excluding carboxylic acids is 1. The van der Waals surface area contributed by atoms with Crippen molar-refractivity contribution < 1.29 is 4.79 Å². The number of aromatic nitrogens is 2. The number of hydrogen-bond acceptors (Lipinski definition) is 3. The molecule has 23 heavy (non-hydrogen) atoms. The molecule has 0 N–H and O–H groups in total. The van der Waals surface area contributed by atoms with E-state index >= 15 is 0 Å². The maximum absolute atomic E-state index is 12.5. The molecule has 1 amide bonds. The van der Waals surface area contributed by atoms with E-state index in [2.05, 4.69) is 12.0 Å². The van der Waals surface area contributed by atoms with E-state index in [1.54, 1.807) is 10.7 Å². The summed E-state index contributed by atoms with van der Waals surface area (Å²) in [6.45, 7) is 4.48. The van der Waals surface area contributed by atoms with E-state index < -0.39 is 0 Å². The molecule has 2 heterocycles. The number of carbonyl (C=O) groups is 1. The van der Waals surface area contributed by atoms with E-state index in [0.717, 1.165) is 31.4 Å². The van der Waals surface area contributed by atoms with Gasteiger partial charge in [0.2, 0.25) is 11.3 Å². The quantitative estimate of drug-likeness (QED) is 0.874. The van der Waals surface area contributed by atoms with Crippen LogP contribution in [0.1, 0.15) is 32.6 Å². The van der Waals surface area contributed by atoms with Gasteiger partial charge in [0.05, 0.1) is 18.3 Å². The Kier molecular flexibility index (Phi) is 4.74. The van der Waals surface area contributed by atoms with Gasteiger partial charge in [-0.3, -0.25) is 14.3 Å². The zero-order valence-electron chi connectivity index (χ0n) is 13.6. The van der Waals surface area contributed by atoms with Gasteiger partial charge in [0, 0.05) is 24.9 Å². The highest BCUT2D eigenvalue weighted by Crippen LogP contribution is 2.17. The Morgan fingerprint density at radius 2 is 2.09 bits per heavy atom. The second kappa shape index (κ2) is 6.94. The molecule has 122 valence electrons. The van der Waals surface area contributed by atoms with Crippen molar-refractivity contribution in [1.29, 1.82) is 0 Å². The fourth-order valence-electron chi connectivity index (χ4n) is 3.21. The highest BCUT2D eigenvalue weighted by molar-refractivity contribution is 5.79. The first-order valence-corrected chi connectivity index (χ1v) is 8.38. The van der Waals surface area contributed by atoms with Gasteiger partial charge in [-0.2, -0.15) is 5.10 Å². The van der Waals surface area contributed by atoms with E-state index in [-0.39, 0.29) is 11.3 Å². The van der Waals surface area contributed by atoms with Gasteiger partial charge in [-0.05, 0) is 37.3 Å². The monoisotopic (exact) mass is 313 g/mol. The molecule has 1 unspecified atom stereocenters. The van der Waals surface area contributed by atoms with Gasteiger partial charge < -0.3 is 4.90 Å². The summed E-state index contributed by atoms with van der Waals surface area (Å²) in [5.41, 5.74) is 0.710. The second-order valence-electron chi connectivity index (χ2n) is 6.42. The number of aryl methyl sites for hydroxylation is 1. The van der Waals surface area contributed by atoms with E-state index in [9.17, 15) is 9.59 Å². The van der Waals surface area contributed by atoms with Crippen LogP contribution in [0.3, 0.4) is 0 Å². The molecule has 3 rings (SSSR count). The first kappa shape index (κ1) is 15.7. The first-order valence-electron chi connectivity index (χ1n) is 8.38. The summed E-state index contributed by atoms with van der Waals surface area (Å²) in [5.74, 6) is 0.890. The predicted octanol–water partition coefficient (Wildman–Crippen LogP) is 2.44. The predicted molar refractivity (Wildman–Crippen MR) is 90.2 cm³/mol. The Bertz CT molecular complexity index is 753. The molecular formula is C18H23N3O2. The summed E-state index contributed by atoms with van der Waals surface area (Å²) in [5, 5.41) is 4.84. The maximum Gasteiger partial charge on any atom is 0.224 e. The van der Waals surface area contributed by atoms with Crippen molar-refractivity contribution in [1.82, 2.24) is 14.7 Å². The number of rotatable bonds is 3. The molecule has 1 fully saturated rings. The molecule has 0 bridgehead atoms. The van der Waals surface area contributed by atoms with Crippen molar-refractivity contribution in [2.75, 3.05) is 13.1 Å². The molecule has 1 atom stereocenters. The smallest absolute Gasteiger partial charge is 0.224 e. The number of para-hydroxylation sites is 1. The topological polar surface area (TPSA) is 55.2 Å². The van der Waals surface area contributed by atoms with Crippen molar-refractivity contribution in [3.8, 4) is 0 Å². The Morgan fingerprint density at radius 3 is 2.96 bits per heavy atom. The molecule has 1 aliphatic rings. The number of nitrogens with zero attached hydrogens (tertiary/aromatic N) is 3. The Hall–Kier alpha value is -2.17. The first-order chi connectivity index (χ1) is 11.1. The average molecular weight is 313 g/mol. The van der Waals surface area contributed by atoms with E-state index in [1.165, 1.54) is 12.6 Å².